The molecule has 0 heterocycles. The number of hydrogen-bond acceptors (Lipinski definition) is 4. The first-order valence-electron chi connectivity index (χ1n) is 6.71. The quantitative estimate of drug-likeness (QED) is 0.820. The van der Waals surface area contributed by atoms with Gasteiger partial charge in [0, 0.05) is 19.2 Å². The zero-order valence-corrected chi connectivity index (χ0v) is 13.6. The smallest absolute Gasteiger partial charge is 0.243 e. The van der Waals surface area contributed by atoms with Gasteiger partial charge in [-0.15, -0.1) is 0 Å². The van der Waals surface area contributed by atoms with E-state index in [2.05, 4.69) is 0 Å². The lowest BCUT2D eigenvalue weighted by Crippen LogP contribution is -2.26. The van der Waals surface area contributed by atoms with Gasteiger partial charge in [-0.2, -0.15) is 4.31 Å². The van der Waals surface area contributed by atoms with Crippen LogP contribution in [0, 0.1) is 0 Å². The molecule has 22 heavy (non-hydrogen) atoms. The third-order valence-corrected chi connectivity index (χ3v) is 5.17. The summed E-state index contributed by atoms with van der Waals surface area (Å²) in [5.74, 6) is 1.28. The summed E-state index contributed by atoms with van der Waals surface area (Å²) in [6, 6.07) is 13.7. The summed E-state index contributed by atoms with van der Waals surface area (Å²) in [6.07, 6.45) is 0. The van der Waals surface area contributed by atoms with Crippen molar-refractivity contribution in [3.63, 3.8) is 0 Å². The van der Waals surface area contributed by atoms with Crippen molar-refractivity contribution in [1.82, 2.24) is 4.31 Å². The molecule has 118 valence electrons. The Morgan fingerprint density at radius 3 is 2.18 bits per heavy atom. The average Bonchev–Trinajstić information content (AvgIpc) is 2.55. The Bertz CT molecular complexity index is 726. The van der Waals surface area contributed by atoms with Gasteiger partial charge >= 0.3 is 0 Å². The monoisotopic (exact) mass is 321 g/mol. The number of ether oxygens (including phenoxy) is 2. The molecular weight excluding hydrogens is 302 g/mol. The van der Waals surface area contributed by atoms with Crippen molar-refractivity contribution in [3.05, 3.63) is 54.1 Å². The molecule has 0 bridgehead atoms. The molecule has 0 aliphatic rings. The van der Waals surface area contributed by atoms with Crippen molar-refractivity contribution in [1.29, 1.82) is 0 Å². The molecule has 2 aromatic carbocycles. The van der Waals surface area contributed by atoms with Crippen LogP contribution in [0.15, 0.2) is 53.4 Å². The average molecular weight is 321 g/mol. The van der Waals surface area contributed by atoms with Gasteiger partial charge in [0.15, 0.2) is 0 Å². The lowest BCUT2D eigenvalue weighted by molar-refractivity contribution is 0.398. The third kappa shape index (κ3) is 3.40. The highest BCUT2D eigenvalue weighted by atomic mass is 32.2. The zero-order chi connectivity index (χ0) is 16.2. The van der Waals surface area contributed by atoms with Crippen molar-refractivity contribution in [3.8, 4) is 11.5 Å². The summed E-state index contributed by atoms with van der Waals surface area (Å²) >= 11 is 0. The van der Waals surface area contributed by atoms with Crippen molar-refractivity contribution in [2.45, 2.75) is 11.4 Å². The van der Waals surface area contributed by atoms with Gasteiger partial charge in [-0.05, 0) is 30.3 Å². The van der Waals surface area contributed by atoms with Gasteiger partial charge in [0.05, 0.1) is 19.1 Å². The van der Waals surface area contributed by atoms with Crippen LogP contribution in [0.1, 0.15) is 5.56 Å². The molecule has 6 heteroatoms. The van der Waals surface area contributed by atoms with Gasteiger partial charge in [-0.3, -0.25) is 0 Å². The molecule has 2 aromatic rings. The Morgan fingerprint density at radius 1 is 0.955 bits per heavy atom. The molecule has 0 N–H and O–H groups in total. The number of methoxy groups -OCH3 is 2. The summed E-state index contributed by atoms with van der Waals surface area (Å²) in [5, 5.41) is 0. The summed E-state index contributed by atoms with van der Waals surface area (Å²) < 4.78 is 36.8. The number of hydrogen-bond donors (Lipinski definition) is 0. The summed E-state index contributed by atoms with van der Waals surface area (Å²) in [4.78, 5) is 0.227. The van der Waals surface area contributed by atoms with Gasteiger partial charge in [0.2, 0.25) is 10.0 Å². The van der Waals surface area contributed by atoms with E-state index in [1.165, 1.54) is 23.5 Å². The van der Waals surface area contributed by atoms with E-state index in [9.17, 15) is 8.42 Å². The lowest BCUT2D eigenvalue weighted by Gasteiger charge is -2.18. The predicted molar refractivity (Wildman–Crippen MR) is 84.6 cm³/mol. The normalized spacial score (nSPS) is 11.5. The molecule has 5 nitrogen and oxygen atoms in total. The van der Waals surface area contributed by atoms with Gasteiger partial charge in [-0.25, -0.2) is 8.42 Å². The minimum absolute atomic E-state index is 0.227. The summed E-state index contributed by atoms with van der Waals surface area (Å²) in [5.41, 5.74) is 0.810. The van der Waals surface area contributed by atoms with E-state index in [-0.39, 0.29) is 11.4 Å². The maximum Gasteiger partial charge on any atom is 0.243 e. The first-order chi connectivity index (χ1) is 10.5. The number of para-hydroxylation sites is 1. The molecule has 0 aliphatic carbocycles. The fourth-order valence-electron chi connectivity index (χ4n) is 2.09. The molecule has 0 amide bonds. The van der Waals surface area contributed by atoms with E-state index in [4.69, 9.17) is 9.47 Å². The standard InChI is InChI=1S/C16H19NO4S/c1-17(12-13-6-4-5-7-16(13)21-3)22(18,19)15-10-8-14(20-2)9-11-15/h4-11H,12H2,1-3H3. The van der Waals surface area contributed by atoms with Gasteiger partial charge in [-0.1, -0.05) is 18.2 Å². The maximum absolute atomic E-state index is 12.6. The lowest BCUT2D eigenvalue weighted by atomic mass is 10.2. The van der Waals surface area contributed by atoms with E-state index in [1.807, 2.05) is 24.3 Å². The van der Waals surface area contributed by atoms with Crippen LogP contribution in [0.4, 0.5) is 0 Å². The van der Waals surface area contributed by atoms with E-state index in [0.717, 1.165) is 5.56 Å². The topological polar surface area (TPSA) is 55.8 Å². The first-order valence-corrected chi connectivity index (χ1v) is 8.15. The molecule has 0 fully saturated rings. The molecule has 0 spiro atoms. The number of benzene rings is 2. The molecule has 0 saturated carbocycles. The molecular formula is C16H19NO4S. The summed E-state index contributed by atoms with van der Waals surface area (Å²) in [7, 11) is 1.09. The first kappa shape index (κ1) is 16.3. The largest absolute Gasteiger partial charge is 0.497 e. The van der Waals surface area contributed by atoms with Gasteiger partial charge in [0.25, 0.3) is 0 Å². The minimum Gasteiger partial charge on any atom is -0.497 e. The Labute approximate surface area is 131 Å². The third-order valence-electron chi connectivity index (χ3n) is 3.35. The van der Waals surface area contributed by atoms with E-state index < -0.39 is 10.0 Å². The van der Waals surface area contributed by atoms with Crippen LogP contribution < -0.4 is 9.47 Å². The number of rotatable bonds is 6. The van der Waals surface area contributed by atoms with E-state index >= 15 is 0 Å². The van der Waals surface area contributed by atoms with Crippen molar-refractivity contribution in [2.24, 2.45) is 0 Å². The van der Waals surface area contributed by atoms with Crippen molar-refractivity contribution >= 4 is 10.0 Å². The Morgan fingerprint density at radius 2 is 1.59 bits per heavy atom. The van der Waals surface area contributed by atoms with Crippen LogP contribution >= 0.6 is 0 Å². The molecule has 0 saturated heterocycles. The molecule has 0 aromatic heterocycles. The fraction of sp³-hybridized carbons (Fsp3) is 0.250. The summed E-state index contributed by atoms with van der Waals surface area (Å²) in [6.45, 7) is 0.234. The highest BCUT2D eigenvalue weighted by Gasteiger charge is 2.21. The molecule has 2 rings (SSSR count). The van der Waals surface area contributed by atoms with E-state index in [1.54, 1.807) is 26.3 Å². The van der Waals surface area contributed by atoms with E-state index in [0.29, 0.717) is 11.5 Å². The minimum atomic E-state index is -3.56. The van der Waals surface area contributed by atoms with Gasteiger partial charge < -0.3 is 9.47 Å². The second-order valence-electron chi connectivity index (χ2n) is 4.75. The zero-order valence-electron chi connectivity index (χ0n) is 12.8. The fourth-order valence-corrected chi connectivity index (χ4v) is 3.24. The van der Waals surface area contributed by atoms with Crippen LogP contribution in [0.3, 0.4) is 0 Å². The number of sulfonamides is 1. The van der Waals surface area contributed by atoms with Crippen molar-refractivity contribution in [2.75, 3.05) is 21.3 Å². The van der Waals surface area contributed by atoms with Gasteiger partial charge in [0.1, 0.15) is 11.5 Å². The molecule has 0 aliphatic heterocycles. The predicted octanol–water partition coefficient (Wildman–Crippen LogP) is 2.52. The Kier molecular flexibility index (Phi) is 5.05. The highest BCUT2D eigenvalue weighted by molar-refractivity contribution is 7.89. The Balaban J connectivity index is 2.24. The van der Waals surface area contributed by atoms with Crippen LogP contribution in [0.25, 0.3) is 0 Å². The molecule has 0 atom stereocenters. The van der Waals surface area contributed by atoms with Crippen LogP contribution in [0.2, 0.25) is 0 Å². The SMILES string of the molecule is COc1ccc(S(=O)(=O)N(C)Cc2ccccc2OC)cc1. The second kappa shape index (κ2) is 6.81. The molecule has 0 unspecified atom stereocenters. The number of nitrogens with zero attached hydrogens (tertiary/aromatic N) is 1. The Hall–Kier alpha value is -2.05. The van der Waals surface area contributed by atoms with Crippen LogP contribution in [0.5, 0.6) is 11.5 Å². The van der Waals surface area contributed by atoms with Crippen LogP contribution in [-0.4, -0.2) is 34.0 Å². The molecule has 0 radical (unpaired) electrons. The maximum atomic E-state index is 12.6. The highest BCUT2D eigenvalue weighted by Crippen LogP contribution is 2.23. The van der Waals surface area contributed by atoms with Crippen LogP contribution in [-0.2, 0) is 16.6 Å². The van der Waals surface area contributed by atoms with Crippen molar-refractivity contribution < 1.29 is 17.9 Å². The second-order valence-corrected chi connectivity index (χ2v) is 6.79.